The highest BCUT2D eigenvalue weighted by Gasteiger charge is 2.57. The normalized spacial score (nSPS) is 20.8. The van der Waals surface area contributed by atoms with Crippen LogP contribution in [-0.4, -0.2) is 60.2 Å². The summed E-state index contributed by atoms with van der Waals surface area (Å²) in [6.07, 6.45) is 1.31. The molecule has 0 spiro atoms. The van der Waals surface area contributed by atoms with Gasteiger partial charge in [0.05, 0.1) is 14.2 Å². The van der Waals surface area contributed by atoms with Crippen LogP contribution in [0.5, 0.6) is 11.5 Å². The predicted molar refractivity (Wildman–Crippen MR) is 148 cm³/mol. The van der Waals surface area contributed by atoms with E-state index in [9.17, 15) is 14.4 Å². The Labute approximate surface area is 228 Å². The van der Waals surface area contributed by atoms with Crippen LogP contribution in [0.25, 0.3) is 0 Å². The summed E-state index contributed by atoms with van der Waals surface area (Å²) in [6.45, 7) is 8.32. The predicted octanol–water partition coefficient (Wildman–Crippen LogP) is 3.94. The van der Waals surface area contributed by atoms with E-state index in [0.717, 1.165) is 11.1 Å². The lowest BCUT2D eigenvalue weighted by atomic mass is 9.95. The molecule has 1 saturated heterocycles. The zero-order valence-corrected chi connectivity index (χ0v) is 23.7. The molecule has 38 heavy (non-hydrogen) atoms. The van der Waals surface area contributed by atoms with Crippen LogP contribution in [0.2, 0.25) is 0 Å². The summed E-state index contributed by atoms with van der Waals surface area (Å²) >= 11 is 1.61. The Balaban J connectivity index is 1.45. The second-order valence-electron chi connectivity index (χ2n) is 10.4. The third-order valence-corrected chi connectivity index (χ3v) is 9.03. The summed E-state index contributed by atoms with van der Waals surface area (Å²) in [4.78, 5) is 42.0. The smallest absolute Gasteiger partial charge is 0.256 e. The minimum Gasteiger partial charge on any atom is -0.493 e. The molecule has 0 bridgehead atoms. The van der Waals surface area contributed by atoms with Gasteiger partial charge < -0.3 is 25.0 Å². The van der Waals surface area contributed by atoms with Crippen LogP contribution in [0.1, 0.15) is 61.0 Å². The molecule has 2 heterocycles. The molecule has 204 valence electrons. The molecule has 2 aliphatic heterocycles. The number of carbonyl (C=O) groups is 3. The maximum atomic E-state index is 13.7. The number of amides is 3. The molecule has 2 aromatic rings. The minimum absolute atomic E-state index is 0.0838. The van der Waals surface area contributed by atoms with Crippen LogP contribution in [-0.2, 0) is 16.0 Å². The first kappa shape index (κ1) is 27.8. The molecule has 4 rings (SSSR count). The van der Waals surface area contributed by atoms with E-state index in [-0.39, 0.29) is 29.0 Å². The van der Waals surface area contributed by atoms with Gasteiger partial charge in [0, 0.05) is 16.9 Å². The van der Waals surface area contributed by atoms with Crippen LogP contribution in [0, 0.1) is 5.92 Å². The van der Waals surface area contributed by atoms with E-state index in [1.54, 1.807) is 30.9 Å². The fourth-order valence-electron chi connectivity index (χ4n) is 5.21. The van der Waals surface area contributed by atoms with Crippen molar-refractivity contribution in [1.29, 1.82) is 0 Å². The van der Waals surface area contributed by atoms with Gasteiger partial charge in [-0.3, -0.25) is 14.4 Å². The van der Waals surface area contributed by atoms with Crippen LogP contribution in [0.4, 0.5) is 0 Å². The van der Waals surface area contributed by atoms with Gasteiger partial charge in [-0.05, 0) is 55.5 Å². The third kappa shape index (κ3) is 5.21. The Morgan fingerprint density at radius 1 is 1.11 bits per heavy atom. The standard InChI is InChI=1S/C29H37N3O5S/c1-7-17(2)23(25(33)30-15-14-18-12-13-21(36-5)22(16-18)37-6)31-26(34)24-29(3,4)38-28-20-11-9-8-10-19(20)27(35)32(24)28/h8-13,16-17,23-24,28H,7,14-15H2,1-6H3,(H,30,33)(H,31,34)/t17-,23+,24-,28-/m1/s1. The molecule has 0 radical (unpaired) electrons. The number of carbonyl (C=O) groups excluding carboxylic acids is 3. The first-order valence-corrected chi connectivity index (χ1v) is 13.9. The van der Waals surface area contributed by atoms with Crippen LogP contribution >= 0.6 is 11.8 Å². The lowest BCUT2D eigenvalue weighted by molar-refractivity contribution is -0.132. The van der Waals surface area contributed by atoms with Gasteiger partial charge in [0.2, 0.25) is 11.8 Å². The number of ether oxygens (including phenoxy) is 2. The number of rotatable bonds is 10. The first-order chi connectivity index (χ1) is 18.1. The Bertz CT molecular complexity index is 1220. The van der Waals surface area contributed by atoms with Crippen molar-refractivity contribution in [2.75, 3.05) is 20.8 Å². The van der Waals surface area contributed by atoms with Crippen molar-refractivity contribution in [3.63, 3.8) is 0 Å². The van der Waals surface area contributed by atoms with Crippen molar-refractivity contribution in [3.8, 4) is 11.5 Å². The fraction of sp³-hybridized carbons (Fsp3) is 0.483. The lowest BCUT2D eigenvalue weighted by Gasteiger charge is -2.32. The van der Waals surface area contributed by atoms with Gasteiger partial charge in [-0.25, -0.2) is 0 Å². The fourth-order valence-corrected chi connectivity index (χ4v) is 6.80. The molecular weight excluding hydrogens is 502 g/mol. The SMILES string of the molecule is CC[C@@H](C)[C@H](NC(=O)[C@H]1N2C(=O)c3ccccc3[C@H]2SC1(C)C)C(=O)NCCc1ccc(OC)c(OC)c1. The molecule has 4 atom stereocenters. The zero-order valence-electron chi connectivity index (χ0n) is 22.9. The minimum atomic E-state index is -0.710. The van der Waals surface area contributed by atoms with Gasteiger partial charge >= 0.3 is 0 Å². The number of fused-ring (bicyclic) bond motifs is 3. The van der Waals surface area contributed by atoms with E-state index in [4.69, 9.17) is 9.47 Å². The van der Waals surface area contributed by atoms with Gasteiger partial charge in [0.15, 0.2) is 11.5 Å². The highest BCUT2D eigenvalue weighted by atomic mass is 32.2. The van der Waals surface area contributed by atoms with E-state index in [2.05, 4.69) is 10.6 Å². The van der Waals surface area contributed by atoms with Crippen LogP contribution in [0.3, 0.4) is 0 Å². The molecule has 9 heteroatoms. The first-order valence-electron chi connectivity index (χ1n) is 13.0. The van der Waals surface area contributed by atoms with Crippen molar-refractivity contribution in [1.82, 2.24) is 15.5 Å². The molecule has 2 aliphatic rings. The summed E-state index contributed by atoms with van der Waals surface area (Å²) < 4.78 is 10.1. The highest BCUT2D eigenvalue weighted by molar-refractivity contribution is 8.01. The number of hydrogen-bond acceptors (Lipinski definition) is 6. The van der Waals surface area contributed by atoms with E-state index >= 15 is 0 Å². The van der Waals surface area contributed by atoms with E-state index < -0.39 is 16.8 Å². The van der Waals surface area contributed by atoms with Gasteiger partial charge in [-0.1, -0.05) is 44.5 Å². The number of nitrogens with zero attached hydrogens (tertiary/aromatic N) is 1. The average Bonchev–Trinajstić information content (AvgIpc) is 3.34. The summed E-state index contributed by atoms with van der Waals surface area (Å²) in [6, 6.07) is 11.8. The van der Waals surface area contributed by atoms with Gasteiger partial charge in [0.25, 0.3) is 5.91 Å². The van der Waals surface area contributed by atoms with Crippen molar-refractivity contribution in [2.24, 2.45) is 5.92 Å². The number of methoxy groups -OCH3 is 2. The maximum absolute atomic E-state index is 13.7. The zero-order chi connectivity index (χ0) is 27.6. The molecule has 2 N–H and O–H groups in total. The van der Waals surface area contributed by atoms with E-state index in [1.807, 2.05) is 70.2 Å². The molecular formula is C29H37N3O5S. The molecule has 8 nitrogen and oxygen atoms in total. The summed E-state index contributed by atoms with van der Waals surface area (Å²) in [7, 11) is 3.18. The molecule has 0 aromatic heterocycles. The van der Waals surface area contributed by atoms with Gasteiger partial charge in [-0.15, -0.1) is 11.8 Å². The molecule has 2 aromatic carbocycles. The van der Waals surface area contributed by atoms with Crippen LogP contribution < -0.4 is 20.1 Å². The van der Waals surface area contributed by atoms with E-state index in [0.29, 0.717) is 36.4 Å². The molecule has 0 aliphatic carbocycles. The number of nitrogens with one attached hydrogen (secondary N) is 2. The van der Waals surface area contributed by atoms with Crippen LogP contribution in [0.15, 0.2) is 42.5 Å². The molecule has 1 fully saturated rings. The van der Waals surface area contributed by atoms with E-state index in [1.165, 1.54) is 0 Å². The topological polar surface area (TPSA) is 97.0 Å². The molecule has 3 amide bonds. The summed E-state index contributed by atoms with van der Waals surface area (Å²) in [5.41, 5.74) is 2.58. The molecule has 0 unspecified atom stereocenters. The van der Waals surface area contributed by atoms with Crippen molar-refractivity contribution in [3.05, 3.63) is 59.2 Å². The lowest BCUT2D eigenvalue weighted by Crippen LogP contribution is -2.58. The Kier molecular flexibility index (Phi) is 8.25. The largest absolute Gasteiger partial charge is 0.493 e. The van der Waals surface area contributed by atoms with Gasteiger partial charge in [-0.2, -0.15) is 0 Å². The number of benzene rings is 2. The Morgan fingerprint density at radius 2 is 1.82 bits per heavy atom. The van der Waals surface area contributed by atoms with Crippen molar-refractivity contribution < 1.29 is 23.9 Å². The number of thioether (sulfide) groups is 1. The average molecular weight is 540 g/mol. The molecule has 0 saturated carbocycles. The summed E-state index contributed by atoms with van der Waals surface area (Å²) in [5.74, 6) is 0.531. The monoisotopic (exact) mass is 539 g/mol. The Hall–Kier alpha value is -3.20. The van der Waals surface area contributed by atoms with Crippen molar-refractivity contribution in [2.45, 2.75) is 62.7 Å². The second-order valence-corrected chi connectivity index (χ2v) is 12.1. The Morgan fingerprint density at radius 3 is 2.50 bits per heavy atom. The highest BCUT2D eigenvalue weighted by Crippen LogP contribution is 2.56. The maximum Gasteiger partial charge on any atom is 0.256 e. The van der Waals surface area contributed by atoms with Gasteiger partial charge in [0.1, 0.15) is 17.5 Å². The van der Waals surface area contributed by atoms with Crippen molar-refractivity contribution >= 4 is 29.5 Å². The summed E-state index contributed by atoms with van der Waals surface area (Å²) in [5, 5.41) is 5.79. The quantitative estimate of drug-likeness (QED) is 0.475. The number of hydrogen-bond donors (Lipinski definition) is 2. The third-order valence-electron chi connectivity index (χ3n) is 7.50. The second kappa shape index (κ2) is 11.3.